The summed E-state index contributed by atoms with van der Waals surface area (Å²) in [5.74, 6) is -2.32. The van der Waals surface area contributed by atoms with Gasteiger partial charge in [0.2, 0.25) is 5.82 Å². The van der Waals surface area contributed by atoms with E-state index >= 15 is 0 Å². The van der Waals surface area contributed by atoms with Crippen molar-refractivity contribution in [2.24, 2.45) is 10.9 Å². The van der Waals surface area contributed by atoms with Gasteiger partial charge in [-0.25, -0.2) is 4.39 Å². The van der Waals surface area contributed by atoms with E-state index in [0.29, 0.717) is 16.1 Å². The van der Waals surface area contributed by atoms with E-state index in [4.69, 9.17) is 27.3 Å². The Labute approximate surface area is 124 Å². The van der Waals surface area contributed by atoms with Crippen LogP contribution < -0.4 is 10.5 Å². The molecule has 0 heterocycles. The first-order chi connectivity index (χ1) is 10.0. The van der Waals surface area contributed by atoms with Crippen LogP contribution in [0.2, 0.25) is 5.02 Å². The predicted molar refractivity (Wildman–Crippen MR) is 74.7 cm³/mol. The molecular weight excluding hydrogens is 302 g/mol. The molecule has 0 saturated carbocycles. The van der Waals surface area contributed by atoms with E-state index in [2.05, 4.69) is 5.16 Å². The Hall–Kier alpha value is -2.34. The van der Waals surface area contributed by atoms with Gasteiger partial charge in [-0.3, -0.25) is 0 Å². The third-order valence-electron chi connectivity index (χ3n) is 2.76. The molecule has 0 aliphatic carbocycles. The van der Waals surface area contributed by atoms with E-state index in [0.717, 1.165) is 6.07 Å². The highest BCUT2D eigenvalue weighted by molar-refractivity contribution is 6.31. The average Bonchev–Trinajstić information content (AvgIpc) is 2.49. The summed E-state index contributed by atoms with van der Waals surface area (Å²) in [5.41, 5.74) is 6.42. The summed E-state index contributed by atoms with van der Waals surface area (Å²) < 4.78 is 31.7. The summed E-state index contributed by atoms with van der Waals surface area (Å²) in [6.45, 7) is -0.0460. The fourth-order valence-corrected chi connectivity index (χ4v) is 1.87. The van der Waals surface area contributed by atoms with Gasteiger partial charge < -0.3 is 15.7 Å². The van der Waals surface area contributed by atoms with Crippen molar-refractivity contribution >= 4 is 17.4 Å². The summed E-state index contributed by atoms with van der Waals surface area (Å²) >= 11 is 6.03. The van der Waals surface area contributed by atoms with Gasteiger partial charge in [0.25, 0.3) is 0 Å². The van der Waals surface area contributed by atoms with E-state index in [1.165, 1.54) is 18.2 Å². The lowest BCUT2D eigenvalue weighted by Crippen LogP contribution is -2.13. The minimum atomic E-state index is -1.05. The molecule has 0 bridgehead atoms. The lowest BCUT2D eigenvalue weighted by Gasteiger charge is -2.10. The van der Waals surface area contributed by atoms with Gasteiger partial charge in [0.05, 0.1) is 0 Å². The molecular formula is C14H11ClF2N2O2. The van der Waals surface area contributed by atoms with Crippen molar-refractivity contribution in [2.45, 2.75) is 6.61 Å². The summed E-state index contributed by atoms with van der Waals surface area (Å²) in [6.07, 6.45) is 0. The molecule has 2 rings (SSSR count). The zero-order chi connectivity index (χ0) is 15.4. The Kier molecular flexibility index (Phi) is 4.59. The molecule has 0 fully saturated rings. The molecule has 0 amide bonds. The normalized spacial score (nSPS) is 11.5. The maximum atomic E-state index is 13.4. The molecule has 0 aliphatic heterocycles. The second-order valence-electron chi connectivity index (χ2n) is 4.13. The lowest BCUT2D eigenvalue weighted by atomic mass is 10.1. The fraction of sp³-hybridized carbons (Fsp3) is 0.0714. The van der Waals surface area contributed by atoms with Gasteiger partial charge in [0, 0.05) is 16.1 Å². The first kappa shape index (κ1) is 15.1. The number of oxime groups is 1. The molecule has 2 aromatic rings. The number of benzene rings is 2. The van der Waals surface area contributed by atoms with E-state index in [-0.39, 0.29) is 18.2 Å². The Balaban J connectivity index is 2.15. The van der Waals surface area contributed by atoms with Crippen molar-refractivity contribution in [3.05, 3.63) is 64.2 Å². The zero-order valence-electron chi connectivity index (χ0n) is 10.7. The second kappa shape index (κ2) is 6.41. The lowest BCUT2D eigenvalue weighted by molar-refractivity contribution is 0.284. The van der Waals surface area contributed by atoms with Gasteiger partial charge in [-0.05, 0) is 18.2 Å². The SMILES string of the molecule is N/C(=N/O)c1ccc(COc2cccc(F)c2F)c(Cl)c1. The van der Waals surface area contributed by atoms with Crippen LogP contribution in [0.1, 0.15) is 11.1 Å². The van der Waals surface area contributed by atoms with Crippen molar-refractivity contribution in [3.8, 4) is 5.75 Å². The Morgan fingerprint density at radius 1 is 1.29 bits per heavy atom. The van der Waals surface area contributed by atoms with Crippen molar-refractivity contribution in [1.29, 1.82) is 0 Å². The predicted octanol–water partition coefficient (Wildman–Crippen LogP) is 3.29. The number of nitrogens with two attached hydrogens (primary N) is 1. The number of halogens is 3. The highest BCUT2D eigenvalue weighted by Crippen LogP contribution is 2.23. The number of nitrogens with zero attached hydrogens (tertiary/aromatic N) is 1. The van der Waals surface area contributed by atoms with Crippen LogP contribution in [0, 0.1) is 11.6 Å². The number of rotatable bonds is 4. The molecule has 3 N–H and O–H groups in total. The van der Waals surface area contributed by atoms with Gasteiger partial charge in [0.1, 0.15) is 6.61 Å². The van der Waals surface area contributed by atoms with Gasteiger partial charge in [-0.15, -0.1) is 0 Å². The van der Waals surface area contributed by atoms with E-state index in [1.54, 1.807) is 12.1 Å². The standard InChI is InChI=1S/C14H11ClF2N2O2/c15-10-6-8(14(18)19-20)4-5-9(10)7-21-12-3-1-2-11(16)13(12)17/h1-6,20H,7H2,(H2,18,19). The fourth-order valence-electron chi connectivity index (χ4n) is 1.63. The van der Waals surface area contributed by atoms with Crippen LogP contribution in [-0.2, 0) is 6.61 Å². The van der Waals surface area contributed by atoms with Crippen LogP contribution in [0.15, 0.2) is 41.6 Å². The molecule has 4 nitrogen and oxygen atoms in total. The molecule has 0 radical (unpaired) electrons. The van der Waals surface area contributed by atoms with Crippen LogP contribution in [0.4, 0.5) is 8.78 Å². The van der Waals surface area contributed by atoms with Gasteiger partial charge in [-0.2, -0.15) is 4.39 Å². The third-order valence-corrected chi connectivity index (χ3v) is 3.11. The topological polar surface area (TPSA) is 67.8 Å². The van der Waals surface area contributed by atoms with Crippen LogP contribution in [0.25, 0.3) is 0 Å². The quantitative estimate of drug-likeness (QED) is 0.394. The van der Waals surface area contributed by atoms with Crippen molar-refractivity contribution in [1.82, 2.24) is 0 Å². The Bertz CT molecular complexity index is 693. The largest absolute Gasteiger partial charge is 0.486 e. The van der Waals surface area contributed by atoms with Crippen molar-refractivity contribution in [3.63, 3.8) is 0 Å². The molecule has 0 aliphatic rings. The monoisotopic (exact) mass is 312 g/mol. The number of amidine groups is 1. The highest BCUT2D eigenvalue weighted by atomic mass is 35.5. The summed E-state index contributed by atoms with van der Waals surface area (Å²) in [5, 5.41) is 11.7. The summed E-state index contributed by atoms with van der Waals surface area (Å²) in [6, 6.07) is 8.31. The van der Waals surface area contributed by atoms with Gasteiger partial charge in [0.15, 0.2) is 17.4 Å². The molecule has 2 aromatic carbocycles. The second-order valence-corrected chi connectivity index (χ2v) is 4.54. The third kappa shape index (κ3) is 3.41. The molecule has 110 valence electrons. The van der Waals surface area contributed by atoms with Crippen LogP contribution in [0.5, 0.6) is 5.75 Å². The Morgan fingerprint density at radius 2 is 2.05 bits per heavy atom. The number of hydrogen-bond acceptors (Lipinski definition) is 3. The smallest absolute Gasteiger partial charge is 0.200 e. The highest BCUT2D eigenvalue weighted by Gasteiger charge is 2.10. The molecule has 0 spiro atoms. The van der Waals surface area contributed by atoms with Gasteiger partial charge >= 0.3 is 0 Å². The maximum Gasteiger partial charge on any atom is 0.200 e. The number of ether oxygens (including phenoxy) is 1. The van der Waals surface area contributed by atoms with Gasteiger partial charge in [-0.1, -0.05) is 35.0 Å². The first-order valence-electron chi connectivity index (χ1n) is 5.86. The van der Waals surface area contributed by atoms with E-state index in [1.807, 2.05) is 0 Å². The molecule has 7 heteroatoms. The average molecular weight is 313 g/mol. The van der Waals surface area contributed by atoms with Crippen molar-refractivity contribution in [2.75, 3.05) is 0 Å². The van der Waals surface area contributed by atoms with E-state index < -0.39 is 11.6 Å². The molecule has 0 unspecified atom stereocenters. The summed E-state index contributed by atoms with van der Waals surface area (Å²) in [4.78, 5) is 0. The molecule has 0 aromatic heterocycles. The molecule has 0 saturated heterocycles. The molecule has 0 atom stereocenters. The van der Waals surface area contributed by atoms with Crippen LogP contribution in [0.3, 0.4) is 0 Å². The summed E-state index contributed by atoms with van der Waals surface area (Å²) in [7, 11) is 0. The molecule has 21 heavy (non-hydrogen) atoms. The van der Waals surface area contributed by atoms with Crippen LogP contribution in [-0.4, -0.2) is 11.0 Å². The van der Waals surface area contributed by atoms with Crippen LogP contribution >= 0.6 is 11.6 Å². The zero-order valence-corrected chi connectivity index (χ0v) is 11.4. The maximum absolute atomic E-state index is 13.4. The first-order valence-corrected chi connectivity index (χ1v) is 6.24. The van der Waals surface area contributed by atoms with E-state index in [9.17, 15) is 8.78 Å². The van der Waals surface area contributed by atoms with Crippen molar-refractivity contribution < 1.29 is 18.7 Å². The Morgan fingerprint density at radius 3 is 2.71 bits per heavy atom. The minimum Gasteiger partial charge on any atom is -0.486 e. The minimum absolute atomic E-state index is 0.0460. The number of hydrogen-bond donors (Lipinski definition) is 2.